The first-order chi connectivity index (χ1) is 17.6. The zero-order chi connectivity index (χ0) is 25.3. The van der Waals surface area contributed by atoms with Gasteiger partial charge in [0.25, 0.3) is 5.91 Å². The van der Waals surface area contributed by atoms with Crippen LogP contribution in [-0.4, -0.2) is 53.0 Å². The molecule has 1 N–H and O–H groups in total. The highest BCUT2D eigenvalue weighted by Crippen LogP contribution is 2.23. The van der Waals surface area contributed by atoms with Crippen LogP contribution in [0, 0.1) is 0 Å². The van der Waals surface area contributed by atoms with Crippen LogP contribution in [0.5, 0.6) is 5.75 Å². The molecule has 1 saturated carbocycles. The topological polar surface area (TPSA) is 76.5 Å². The van der Waals surface area contributed by atoms with Gasteiger partial charge in [0.1, 0.15) is 18.1 Å². The number of hydrogen-bond donors (Lipinski definition) is 1. The molecule has 1 aliphatic rings. The summed E-state index contributed by atoms with van der Waals surface area (Å²) < 4.78 is 7.24. The maximum absolute atomic E-state index is 13.2. The molecule has 2 aromatic carbocycles. The van der Waals surface area contributed by atoms with Crippen molar-refractivity contribution in [2.45, 2.75) is 70.4 Å². The molecule has 7 heteroatoms. The van der Waals surface area contributed by atoms with Crippen molar-refractivity contribution < 1.29 is 14.3 Å². The number of benzene rings is 2. The average Bonchev–Trinajstić information content (AvgIpc) is 3.27. The van der Waals surface area contributed by atoms with Gasteiger partial charge in [-0.3, -0.25) is 9.59 Å². The molecule has 3 aromatic rings. The molecule has 1 aliphatic carbocycles. The highest BCUT2D eigenvalue weighted by atomic mass is 16.5. The number of amides is 2. The summed E-state index contributed by atoms with van der Waals surface area (Å²) in [5, 5.41) is 2.99. The second-order valence-corrected chi connectivity index (χ2v) is 9.69. The molecule has 7 nitrogen and oxygen atoms in total. The Kier molecular flexibility index (Phi) is 8.98. The summed E-state index contributed by atoms with van der Waals surface area (Å²) in [6, 6.07) is 15.5. The number of nitrogens with zero attached hydrogens (tertiary/aromatic N) is 3. The molecule has 0 unspecified atom stereocenters. The summed E-state index contributed by atoms with van der Waals surface area (Å²) in [5.41, 5.74) is 2.59. The smallest absolute Gasteiger partial charge is 0.251 e. The van der Waals surface area contributed by atoms with E-state index < -0.39 is 0 Å². The Labute approximate surface area is 213 Å². The summed E-state index contributed by atoms with van der Waals surface area (Å²) >= 11 is 0. The van der Waals surface area contributed by atoms with Crippen LogP contribution in [-0.2, 0) is 17.8 Å². The van der Waals surface area contributed by atoms with Crippen LogP contribution in [0.3, 0.4) is 0 Å². The number of aryl methyl sites for hydroxylation is 1. The molecule has 4 rings (SSSR count). The number of para-hydroxylation sites is 2. The van der Waals surface area contributed by atoms with Crippen LogP contribution in [0.2, 0.25) is 0 Å². The second kappa shape index (κ2) is 12.6. The predicted molar refractivity (Wildman–Crippen MR) is 142 cm³/mol. The Morgan fingerprint density at radius 2 is 1.78 bits per heavy atom. The largest absolute Gasteiger partial charge is 0.497 e. The van der Waals surface area contributed by atoms with E-state index in [0.717, 1.165) is 61.1 Å². The molecule has 0 aliphatic heterocycles. The summed E-state index contributed by atoms with van der Waals surface area (Å²) in [7, 11) is 3.56. The van der Waals surface area contributed by atoms with Crippen molar-refractivity contribution in [3.05, 3.63) is 59.9 Å². The number of fused-ring (bicyclic) bond motifs is 1. The average molecular weight is 491 g/mol. The van der Waals surface area contributed by atoms with Crippen LogP contribution in [0.25, 0.3) is 11.0 Å². The summed E-state index contributed by atoms with van der Waals surface area (Å²) in [6.45, 7) is 0.965. The highest BCUT2D eigenvalue weighted by Gasteiger charge is 2.23. The van der Waals surface area contributed by atoms with Gasteiger partial charge in [-0.1, -0.05) is 37.8 Å². The number of nitrogens with one attached hydrogen (secondary N) is 1. The SMILES string of the molecule is COc1ccc(C(=O)NCCCCCc2nc3ccccc3n2CC(=O)N(C)C2CCCCC2)cc1. The number of aromatic nitrogens is 2. The van der Waals surface area contributed by atoms with E-state index in [-0.39, 0.29) is 11.8 Å². The minimum atomic E-state index is -0.0694. The third-order valence-electron chi connectivity index (χ3n) is 7.26. The fourth-order valence-electron chi connectivity index (χ4n) is 5.04. The van der Waals surface area contributed by atoms with Gasteiger partial charge in [-0.15, -0.1) is 0 Å². The Balaban J connectivity index is 1.28. The number of imidazole rings is 1. The zero-order valence-electron chi connectivity index (χ0n) is 21.5. The van der Waals surface area contributed by atoms with E-state index in [4.69, 9.17) is 9.72 Å². The third-order valence-corrected chi connectivity index (χ3v) is 7.26. The van der Waals surface area contributed by atoms with Crippen LogP contribution >= 0.6 is 0 Å². The summed E-state index contributed by atoms with van der Waals surface area (Å²) in [5.74, 6) is 1.79. The molecule has 0 bridgehead atoms. The first kappa shape index (κ1) is 25.7. The van der Waals surface area contributed by atoms with E-state index in [1.165, 1.54) is 19.3 Å². The minimum absolute atomic E-state index is 0.0694. The third kappa shape index (κ3) is 6.45. The molecule has 36 heavy (non-hydrogen) atoms. The Hall–Kier alpha value is -3.35. The fraction of sp³-hybridized carbons (Fsp3) is 0.483. The molecular weight excluding hydrogens is 452 g/mol. The number of methoxy groups -OCH3 is 1. The van der Waals surface area contributed by atoms with Crippen molar-refractivity contribution in [2.75, 3.05) is 20.7 Å². The van der Waals surface area contributed by atoms with E-state index in [1.54, 1.807) is 31.4 Å². The number of carbonyl (C=O) groups is 2. The molecule has 0 atom stereocenters. The van der Waals surface area contributed by atoms with Crippen LogP contribution in [0.1, 0.15) is 67.5 Å². The molecule has 1 fully saturated rings. The molecule has 1 heterocycles. The Morgan fingerprint density at radius 3 is 2.53 bits per heavy atom. The van der Waals surface area contributed by atoms with E-state index >= 15 is 0 Å². The van der Waals surface area contributed by atoms with Gasteiger partial charge in [0.05, 0.1) is 18.1 Å². The van der Waals surface area contributed by atoms with Gasteiger partial charge in [0, 0.05) is 31.6 Å². The fourth-order valence-corrected chi connectivity index (χ4v) is 5.04. The lowest BCUT2D eigenvalue weighted by Gasteiger charge is -2.31. The maximum Gasteiger partial charge on any atom is 0.251 e. The van der Waals surface area contributed by atoms with Crippen molar-refractivity contribution in [1.82, 2.24) is 19.8 Å². The number of hydrogen-bond acceptors (Lipinski definition) is 4. The number of ether oxygens (including phenoxy) is 1. The van der Waals surface area contributed by atoms with Gasteiger partial charge < -0.3 is 19.5 Å². The molecular formula is C29H38N4O3. The van der Waals surface area contributed by atoms with Crippen molar-refractivity contribution in [3.8, 4) is 5.75 Å². The standard InChI is InChI=1S/C29H38N4O3/c1-32(23-11-5-3-6-12-23)28(34)21-33-26-14-9-8-13-25(26)31-27(33)15-7-4-10-20-30-29(35)22-16-18-24(36-2)19-17-22/h8-9,13-14,16-19,23H,3-7,10-12,15,20-21H2,1-2H3,(H,30,35). The van der Waals surface area contributed by atoms with Gasteiger partial charge in [-0.05, 0) is 62.1 Å². The van der Waals surface area contributed by atoms with Crippen molar-refractivity contribution in [3.63, 3.8) is 0 Å². The van der Waals surface area contributed by atoms with Gasteiger partial charge in [0.2, 0.25) is 5.91 Å². The first-order valence-electron chi connectivity index (χ1n) is 13.2. The van der Waals surface area contributed by atoms with Crippen molar-refractivity contribution in [2.24, 2.45) is 0 Å². The Bertz CT molecular complexity index is 1150. The van der Waals surface area contributed by atoms with Crippen LogP contribution < -0.4 is 10.1 Å². The normalized spacial score (nSPS) is 14.1. The molecule has 0 radical (unpaired) electrons. The van der Waals surface area contributed by atoms with Crippen molar-refractivity contribution >= 4 is 22.8 Å². The predicted octanol–water partition coefficient (Wildman–Crippen LogP) is 4.98. The summed E-state index contributed by atoms with van der Waals surface area (Å²) in [4.78, 5) is 32.3. The quantitative estimate of drug-likeness (QED) is 0.385. The van der Waals surface area contributed by atoms with Gasteiger partial charge in [0.15, 0.2) is 0 Å². The van der Waals surface area contributed by atoms with E-state index in [2.05, 4.69) is 16.0 Å². The van der Waals surface area contributed by atoms with E-state index in [9.17, 15) is 9.59 Å². The van der Waals surface area contributed by atoms with E-state index in [0.29, 0.717) is 24.7 Å². The molecule has 1 aromatic heterocycles. The molecule has 2 amide bonds. The maximum atomic E-state index is 13.2. The first-order valence-corrected chi connectivity index (χ1v) is 13.2. The molecule has 0 saturated heterocycles. The minimum Gasteiger partial charge on any atom is -0.497 e. The summed E-state index contributed by atoms with van der Waals surface area (Å²) in [6.07, 6.45) is 9.54. The number of unbranched alkanes of at least 4 members (excludes halogenated alkanes) is 2. The second-order valence-electron chi connectivity index (χ2n) is 9.69. The lowest BCUT2D eigenvalue weighted by atomic mass is 9.94. The van der Waals surface area contributed by atoms with Gasteiger partial charge in [-0.2, -0.15) is 0 Å². The number of rotatable bonds is 11. The molecule has 192 valence electrons. The lowest BCUT2D eigenvalue weighted by molar-refractivity contribution is -0.133. The molecule has 0 spiro atoms. The van der Waals surface area contributed by atoms with Crippen molar-refractivity contribution in [1.29, 1.82) is 0 Å². The van der Waals surface area contributed by atoms with Crippen LogP contribution in [0.15, 0.2) is 48.5 Å². The highest BCUT2D eigenvalue weighted by molar-refractivity contribution is 5.94. The van der Waals surface area contributed by atoms with Crippen LogP contribution in [0.4, 0.5) is 0 Å². The van der Waals surface area contributed by atoms with E-state index in [1.807, 2.05) is 30.1 Å². The monoisotopic (exact) mass is 490 g/mol. The number of carbonyl (C=O) groups excluding carboxylic acids is 2. The van der Waals surface area contributed by atoms with Gasteiger partial charge in [-0.25, -0.2) is 4.98 Å². The van der Waals surface area contributed by atoms with Gasteiger partial charge >= 0.3 is 0 Å². The zero-order valence-corrected chi connectivity index (χ0v) is 21.5. The number of likely N-dealkylation sites (N-methyl/N-ethyl adjacent to an activating group) is 1. The Morgan fingerprint density at radius 1 is 1.03 bits per heavy atom. The lowest BCUT2D eigenvalue weighted by Crippen LogP contribution is -2.40.